The Hall–Kier alpha value is -3.95. The maximum absolute atomic E-state index is 12.9. The van der Waals surface area contributed by atoms with Crippen LogP contribution in [0.5, 0.6) is 0 Å². The van der Waals surface area contributed by atoms with Gasteiger partial charge in [-0.05, 0) is 43.2 Å². The first-order valence-corrected chi connectivity index (χ1v) is 10.5. The second kappa shape index (κ2) is 10.6. The highest BCUT2D eigenvalue weighted by Crippen LogP contribution is 2.31. The van der Waals surface area contributed by atoms with Crippen LogP contribution < -0.4 is 10.2 Å². The molecule has 2 aromatic carbocycles. The summed E-state index contributed by atoms with van der Waals surface area (Å²) in [5.74, 6) is -2.03. The summed E-state index contributed by atoms with van der Waals surface area (Å²) in [6, 6.07) is 8.32. The van der Waals surface area contributed by atoms with Crippen LogP contribution in [0.4, 0.5) is 17.1 Å². The number of carbonyl (C=O) groups excluding carboxylic acids is 3. The van der Waals surface area contributed by atoms with E-state index in [1.54, 1.807) is 6.07 Å². The average molecular weight is 455 g/mol. The van der Waals surface area contributed by atoms with E-state index < -0.39 is 22.8 Å². The molecule has 0 bridgehead atoms. The third-order valence-electron chi connectivity index (χ3n) is 5.41. The monoisotopic (exact) mass is 455 g/mol. The smallest absolute Gasteiger partial charge is 0.337 e. The first kappa shape index (κ1) is 23.7. The number of esters is 2. The number of ether oxygens (including phenoxy) is 2. The zero-order valence-corrected chi connectivity index (χ0v) is 18.5. The fourth-order valence-corrected chi connectivity index (χ4v) is 3.76. The summed E-state index contributed by atoms with van der Waals surface area (Å²) in [5, 5.41) is 14.3. The molecule has 174 valence electrons. The first-order valence-electron chi connectivity index (χ1n) is 10.5. The van der Waals surface area contributed by atoms with Crippen LogP contribution in [0.25, 0.3) is 0 Å². The van der Waals surface area contributed by atoms with Crippen molar-refractivity contribution in [2.24, 2.45) is 0 Å². The second-order valence-corrected chi connectivity index (χ2v) is 7.60. The topological polar surface area (TPSA) is 128 Å². The number of hydrogen-bond donors (Lipinski definition) is 1. The standard InChI is InChI=1S/C23H25N3O7/c1-32-22(28)16-11-17(23(29)33-2)13-18(12-16)24-21(27)15-7-8-19(20(14-15)26(30)31)25-9-5-3-4-6-10-25/h7-8,11-14H,3-6,9-10H2,1-2H3,(H,24,27). The molecule has 2 aromatic rings. The molecule has 1 aliphatic rings. The van der Waals surface area contributed by atoms with Crippen LogP contribution in [0, 0.1) is 10.1 Å². The van der Waals surface area contributed by atoms with E-state index >= 15 is 0 Å². The van der Waals surface area contributed by atoms with Crippen LogP contribution in [-0.4, -0.2) is 50.1 Å². The molecule has 10 nitrogen and oxygen atoms in total. The van der Waals surface area contributed by atoms with Gasteiger partial charge in [-0.3, -0.25) is 14.9 Å². The number of nitrogens with one attached hydrogen (secondary N) is 1. The van der Waals surface area contributed by atoms with Crippen LogP contribution in [0.2, 0.25) is 0 Å². The van der Waals surface area contributed by atoms with Crippen molar-refractivity contribution in [3.63, 3.8) is 0 Å². The maximum atomic E-state index is 12.9. The molecule has 0 unspecified atom stereocenters. The van der Waals surface area contributed by atoms with Crippen LogP contribution in [-0.2, 0) is 9.47 Å². The Morgan fingerprint density at radius 3 is 1.97 bits per heavy atom. The molecule has 0 saturated carbocycles. The molecule has 10 heteroatoms. The van der Waals surface area contributed by atoms with E-state index in [-0.39, 0.29) is 28.1 Å². The average Bonchev–Trinajstić information content (AvgIpc) is 3.11. The molecule has 3 rings (SSSR count). The number of hydrogen-bond acceptors (Lipinski definition) is 8. The summed E-state index contributed by atoms with van der Waals surface area (Å²) in [7, 11) is 2.38. The van der Waals surface area contributed by atoms with Gasteiger partial charge in [0.05, 0.1) is 30.3 Å². The summed E-state index contributed by atoms with van der Waals surface area (Å²) in [5.41, 5.74) is 0.629. The maximum Gasteiger partial charge on any atom is 0.337 e. The highest BCUT2D eigenvalue weighted by Gasteiger charge is 2.23. The van der Waals surface area contributed by atoms with Gasteiger partial charge in [0.2, 0.25) is 0 Å². The van der Waals surface area contributed by atoms with Gasteiger partial charge >= 0.3 is 11.9 Å². The van der Waals surface area contributed by atoms with Crippen LogP contribution in [0.1, 0.15) is 56.8 Å². The fraction of sp³-hybridized carbons (Fsp3) is 0.348. The number of nitro groups is 1. The van der Waals surface area contributed by atoms with E-state index in [9.17, 15) is 24.5 Å². The van der Waals surface area contributed by atoms with Gasteiger partial charge in [-0.25, -0.2) is 9.59 Å². The van der Waals surface area contributed by atoms with Crippen molar-refractivity contribution < 1.29 is 28.8 Å². The Balaban J connectivity index is 1.91. The number of anilines is 2. The number of carbonyl (C=O) groups is 3. The number of benzene rings is 2. The molecule has 0 aliphatic carbocycles. The SMILES string of the molecule is COC(=O)c1cc(NC(=O)c2ccc(N3CCCCCC3)c([N+](=O)[O-])c2)cc(C(=O)OC)c1. The quantitative estimate of drug-likeness (QED) is 0.396. The van der Waals surface area contributed by atoms with Crippen molar-refractivity contribution in [1.29, 1.82) is 0 Å². The lowest BCUT2D eigenvalue weighted by atomic mass is 10.1. The molecule has 0 radical (unpaired) electrons. The van der Waals surface area contributed by atoms with E-state index in [0.29, 0.717) is 5.69 Å². The van der Waals surface area contributed by atoms with Crippen molar-refractivity contribution in [3.05, 3.63) is 63.2 Å². The Bertz CT molecular complexity index is 1040. The lowest BCUT2D eigenvalue weighted by Gasteiger charge is -2.22. The van der Waals surface area contributed by atoms with E-state index in [2.05, 4.69) is 14.8 Å². The molecule has 33 heavy (non-hydrogen) atoms. The molecule has 1 saturated heterocycles. The van der Waals surface area contributed by atoms with E-state index in [0.717, 1.165) is 38.8 Å². The number of nitrogens with zero attached hydrogens (tertiary/aromatic N) is 2. The highest BCUT2D eigenvalue weighted by molar-refractivity contribution is 6.06. The summed E-state index contributed by atoms with van der Waals surface area (Å²) in [6.07, 6.45) is 4.09. The van der Waals surface area contributed by atoms with Crippen molar-refractivity contribution in [1.82, 2.24) is 0 Å². The molecule has 0 spiro atoms. The molecule has 0 aromatic heterocycles. The lowest BCUT2D eigenvalue weighted by Crippen LogP contribution is -2.25. The van der Waals surface area contributed by atoms with Gasteiger partial charge in [0.15, 0.2) is 0 Å². The van der Waals surface area contributed by atoms with Crippen molar-refractivity contribution in [2.45, 2.75) is 25.7 Å². The predicted octanol–water partition coefficient (Wildman–Crippen LogP) is 3.80. The molecule has 1 heterocycles. The third kappa shape index (κ3) is 5.65. The van der Waals surface area contributed by atoms with E-state index in [1.807, 2.05) is 4.90 Å². The van der Waals surface area contributed by atoms with Gasteiger partial charge in [0, 0.05) is 30.4 Å². The van der Waals surface area contributed by atoms with Crippen molar-refractivity contribution >= 4 is 34.9 Å². The van der Waals surface area contributed by atoms with E-state index in [1.165, 1.54) is 44.6 Å². The predicted molar refractivity (Wildman–Crippen MR) is 121 cm³/mol. The summed E-state index contributed by atoms with van der Waals surface area (Å²) < 4.78 is 9.38. The van der Waals surface area contributed by atoms with Crippen LogP contribution in [0.3, 0.4) is 0 Å². The minimum absolute atomic E-state index is 0.0400. The zero-order valence-electron chi connectivity index (χ0n) is 18.5. The second-order valence-electron chi connectivity index (χ2n) is 7.60. The fourth-order valence-electron chi connectivity index (χ4n) is 3.76. The van der Waals surface area contributed by atoms with Gasteiger partial charge in [0.25, 0.3) is 11.6 Å². The minimum Gasteiger partial charge on any atom is -0.465 e. The Morgan fingerprint density at radius 1 is 0.879 bits per heavy atom. The zero-order chi connectivity index (χ0) is 24.0. The summed E-state index contributed by atoms with van der Waals surface area (Å²) in [6.45, 7) is 1.45. The molecular weight excluding hydrogens is 430 g/mol. The van der Waals surface area contributed by atoms with Gasteiger partial charge < -0.3 is 19.7 Å². The first-order chi connectivity index (χ1) is 15.8. The molecular formula is C23H25N3O7. The molecule has 0 atom stereocenters. The lowest BCUT2D eigenvalue weighted by molar-refractivity contribution is -0.384. The minimum atomic E-state index is -0.700. The molecule has 1 fully saturated rings. The summed E-state index contributed by atoms with van der Waals surface area (Å²) >= 11 is 0. The van der Waals surface area contributed by atoms with E-state index in [4.69, 9.17) is 0 Å². The van der Waals surface area contributed by atoms with Crippen molar-refractivity contribution in [2.75, 3.05) is 37.5 Å². The summed E-state index contributed by atoms with van der Waals surface area (Å²) in [4.78, 5) is 50.0. The third-order valence-corrected chi connectivity index (χ3v) is 5.41. The highest BCUT2D eigenvalue weighted by atomic mass is 16.6. The molecule has 1 N–H and O–H groups in total. The number of rotatable bonds is 6. The normalized spacial score (nSPS) is 13.6. The van der Waals surface area contributed by atoms with Gasteiger partial charge in [-0.15, -0.1) is 0 Å². The van der Waals surface area contributed by atoms with Crippen molar-refractivity contribution in [3.8, 4) is 0 Å². The molecule has 1 amide bonds. The number of methoxy groups -OCH3 is 2. The van der Waals surface area contributed by atoms with Gasteiger partial charge in [-0.1, -0.05) is 12.8 Å². The van der Waals surface area contributed by atoms with Crippen LogP contribution >= 0.6 is 0 Å². The molecule has 1 aliphatic heterocycles. The van der Waals surface area contributed by atoms with Gasteiger partial charge in [0.1, 0.15) is 5.69 Å². The number of amides is 1. The van der Waals surface area contributed by atoms with Crippen LogP contribution in [0.15, 0.2) is 36.4 Å². The van der Waals surface area contributed by atoms with Gasteiger partial charge in [-0.2, -0.15) is 0 Å². The largest absolute Gasteiger partial charge is 0.465 e. The Morgan fingerprint density at radius 2 is 1.45 bits per heavy atom. The Kier molecular flexibility index (Phi) is 7.60. The number of nitro benzene ring substituents is 1. The Labute approximate surface area is 190 Å².